The topological polar surface area (TPSA) is 114 Å². The third-order valence-corrected chi connectivity index (χ3v) is 7.84. The van der Waals surface area contributed by atoms with E-state index in [2.05, 4.69) is 20.8 Å². The number of rotatable bonds is 6. The van der Waals surface area contributed by atoms with Crippen molar-refractivity contribution in [3.63, 3.8) is 0 Å². The molecular formula is C19H29F3N4O5S. The second-order valence-electron chi connectivity index (χ2n) is 8.84. The van der Waals surface area contributed by atoms with E-state index in [9.17, 15) is 21.6 Å². The van der Waals surface area contributed by atoms with Crippen LogP contribution >= 0.6 is 0 Å². The lowest BCUT2D eigenvalue weighted by Crippen LogP contribution is -2.64. The maximum absolute atomic E-state index is 11.9. The summed E-state index contributed by atoms with van der Waals surface area (Å²) in [4.78, 5) is 11.3. The molecular weight excluding hydrogens is 453 g/mol. The lowest BCUT2D eigenvalue weighted by Gasteiger charge is -2.53. The minimum Gasteiger partial charge on any atom is -0.475 e. The van der Waals surface area contributed by atoms with Crippen molar-refractivity contribution in [3.8, 4) is 0 Å². The summed E-state index contributed by atoms with van der Waals surface area (Å²) in [7, 11) is -1.09. The van der Waals surface area contributed by atoms with Crippen molar-refractivity contribution in [3.05, 3.63) is 17.5 Å². The molecule has 1 spiro atoms. The van der Waals surface area contributed by atoms with Gasteiger partial charge in [0.25, 0.3) is 0 Å². The standard InChI is InChI=1S/C17H28N4O3S.C2HF3O2/c1-13-7-15(20(2)19-13)9-21-11-17(12-21)6-5-14(10-24-17)8-18-25(22,23)16-3-4-16;3-2(4,5)1(6)7/h7,14,16,18H,3-6,8-12H2,1-2H3;(H,6,7). The number of halogens is 3. The summed E-state index contributed by atoms with van der Waals surface area (Å²) < 4.78 is 66.4. The molecule has 0 radical (unpaired) electrons. The Bertz CT molecular complexity index is 914. The second kappa shape index (κ2) is 9.27. The number of carboxylic acid groups (broad SMARTS) is 1. The van der Waals surface area contributed by atoms with Gasteiger partial charge in [-0.05, 0) is 44.6 Å². The molecule has 3 aliphatic rings. The van der Waals surface area contributed by atoms with Crippen LogP contribution in [-0.2, 0) is 33.1 Å². The first-order chi connectivity index (χ1) is 14.8. The van der Waals surface area contributed by atoms with Gasteiger partial charge in [-0.25, -0.2) is 17.9 Å². The van der Waals surface area contributed by atoms with Crippen LogP contribution in [0.2, 0.25) is 0 Å². The zero-order valence-electron chi connectivity index (χ0n) is 18.1. The number of aliphatic carboxylic acids is 1. The molecule has 32 heavy (non-hydrogen) atoms. The van der Waals surface area contributed by atoms with E-state index < -0.39 is 22.2 Å². The molecule has 0 bridgehead atoms. The highest BCUT2D eigenvalue weighted by molar-refractivity contribution is 7.90. The SMILES string of the molecule is Cc1cc(CN2CC3(CCC(CNS(=O)(=O)C4CC4)CO3)C2)n(C)n1.O=C(O)C(F)(F)F. The predicted octanol–water partition coefficient (Wildman–Crippen LogP) is 1.42. The van der Waals surface area contributed by atoms with E-state index in [0.717, 1.165) is 51.0 Å². The number of aromatic nitrogens is 2. The molecule has 0 aromatic carbocycles. The van der Waals surface area contributed by atoms with Gasteiger partial charge < -0.3 is 9.84 Å². The number of hydrogen-bond acceptors (Lipinski definition) is 6. The van der Waals surface area contributed by atoms with Crippen LogP contribution in [0.15, 0.2) is 6.07 Å². The van der Waals surface area contributed by atoms with Gasteiger partial charge in [0.1, 0.15) is 0 Å². The molecule has 182 valence electrons. The fourth-order valence-corrected chi connectivity index (χ4v) is 5.44. The Morgan fingerprint density at radius 2 is 1.97 bits per heavy atom. The van der Waals surface area contributed by atoms with E-state index in [1.165, 1.54) is 5.69 Å². The highest BCUT2D eigenvalue weighted by Gasteiger charge is 2.47. The number of nitrogens with zero attached hydrogens (tertiary/aromatic N) is 3. The van der Waals surface area contributed by atoms with Gasteiger partial charge in [-0.15, -0.1) is 0 Å². The van der Waals surface area contributed by atoms with Crippen molar-refractivity contribution in [2.24, 2.45) is 13.0 Å². The van der Waals surface area contributed by atoms with Gasteiger partial charge >= 0.3 is 12.1 Å². The van der Waals surface area contributed by atoms with E-state index in [-0.39, 0.29) is 10.9 Å². The highest BCUT2D eigenvalue weighted by Crippen LogP contribution is 2.37. The molecule has 0 amide bonds. The molecule has 1 atom stereocenters. The maximum Gasteiger partial charge on any atom is 0.490 e. The van der Waals surface area contributed by atoms with Gasteiger partial charge in [0.2, 0.25) is 10.0 Å². The van der Waals surface area contributed by atoms with Gasteiger partial charge in [0.15, 0.2) is 0 Å². The molecule has 3 heterocycles. The maximum atomic E-state index is 11.9. The number of ether oxygens (including phenoxy) is 1. The summed E-state index contributed by atoms with van der Waals surface area (Å²) in [5.74, 6) is -2.46. The number of nitrogens with one attached hydrogen (secondary N) is 1. The first-order valence-electron chi connectivity index (χ1n) is 10.4. The number of alkyl halides is 3. The van der Waals surface area contributed by atoms with Crippen LogP contribution in [0.5, 0.6) is 0 Å². The fourth-order valence-electron chi connectivity index (χ4n) is 3.98. The molecule has 9 nitrogen and oxygen atoms in total. The van der Waals surface area contributed by atoms with E-state index in [1.807, 2.05) is 18.7 Å². The molecule has 1 unspecified atom stereocenters. The van der Waals surface area contributed by atoms with Crippen molar-refractivity contribution in [1.82, 2.24) is 19.4 Å². The van der Waals surface area contributed by atoms with E-state index >= 15 is 0 Å². The third kappa shape index (κ3) is 6.42. The van der Waals surface area contributed by atoms with Crippen LogP contribution in [0, 0.1) is 12.8 Å². The van der Waals surface area contributed by atoms with Crippen molar-refractivity contribution in [2.75, 3.05) is 26.2 Å². The van der Waals surface area contributed by atoms with E-state index in [4.69, 9.17) is 14.6 Å². The lowest BCUT2D eigenvalue weighted by molar-refractivity contribution is -0.192. The number of likely N-dealkylation sites (tertiary alicyclic amines) is 1. The number of carbonyl (C=O) groups is 1. The molecule has 1 saturated carbocycles. The average molecular weight is 483 g/mol. The van der Waals surface area contributed by atoms with Crippen molar-refractivity contribution in [2.45, 2.75) is 56.2 Å². The first kappa shape index (κ1) is 24.9. The van der Waals surface area contributed by atoms with Crippen molar-refractivity contribution in [1.29, 1.82) is 0 Å². The Balaban J connectivity index is 0.000000360. The molecule has 3 fully saturated rings. The van der Waals surface area contributed by atoms with Gasteiger partial charge in [0, 0.05) is 33.2 Å². The van der Waals surface area contributed by atoms with Gasteiger partial charge in [-0.2, -0.15) is 18.3 Å². The Morgan fingerprint density at radius 3 is 2.41 bits per heavy atom. The minimum absolute atomic E-state index is 0.0144. The molecule has 4 rings (SSSR count). The molecule has 2 saturated heterocycles. The summed E-state index contributed by atoms with van der Waals surface area (Å²) in [6.07, 6.45) is -1.41. The van der Waals surface area contributed by atoms with Crippen molar-refractivity contribution >= 4 is 16.0 Å². The zero-order valence-corrected chi connectivity index (χ0v) is 18.9. The largest absolute Gasteiger partial charge is 0.490 e. The quantitative estimate of drug-likeness (QED) is 0.631. The van der Waals surface area contributed by atoms with Crippen LogP contribution < -0.4 is 4.72 Å². The highest BCUT2D eigenvalue weighted by atomic mass is 32.2. The van der Waals surface area contributed by atoms with E-state index in [0.29, 0.717) is 19.1 Å². The Morgan fingerprint density at radius 1 is 1.34 bits per heavy atom. The summed E-state index contributed by atoms with van der Waals surface area (Å²) in [6.45, 7) is 6.02. The Kier molecular flexibility index (Phi) is 7.23. The van der Waals surface area contributed by atoms with Gasteiger partial charge in [0.05, 0.1) is 28.8 Å². The summed E-state index contributed by atoms with van der Waals surface area (Å²) in [5, 5.41) is 11.4. The smallest absolute Gasteiger partial charge is 0.475 e. The Hall–Kier alpha value is -1.70. The number of hydrogen-bond donors (Lipinski definition) is 2. The predicted molar refractivity (Wildman–Crippen MR) is 108 cm³/mol. The van der Waals surface area contributed by atoms with Crippen LogP contribution in [-0.4, -0.2) is 77.4 Å². The van der Waals surface area contributed by atoms with E-state index in [1.54, 1.807) is 0 Å². The molecule has 1 aromatic heterocycles. The minimum atomic E-state index is -5.08. The van der Waals surface area contributed by atoms with Crippen LogP contribution in [0.3, 0.4) is 0 Å². The van der Waals surface area contributed by atoms with Crippen molar-refractivity contribution < 1.29 is 36.2 Å². The first-order valence-corrected chi connectivity index (χ1v) is 12.0. The summed E-state index contributed by atoms with van der Waals surface area (Å²) in [6, 6.07) is 2.13. The number of carboxylic acids is 1. The van der Waals surface area contributed by atoms with Crippen LogP contribution in [0.25, 0.3) is 0 Å². The molecule has 1 aliphatic carbocycles. The fraction of sp³-hybridized carbons (Fsp3) is 0.789. The molecule has 2 N–H and O–H groups in total. The molecule has 2 aliphatic heterocycles. The van der Waals surface area contributed by atoms with Gasteiger partial charge in [-0.3, -0.25) is 9.58 Å². The number of sulfonamides is 1. The molecule has 13 heteroatoms. The van der Waals surface area contributed by atoms with Gasteiger partial charge in [-0.1, -0.05) is 0 Å². The summed E-state index contributed by atoms with van der Waals surface area (Å²) in [5.41, 5.74) is 2.27. The molecule has 1 aromatic rings. The summed E-state index contributed by atoms with van der Waals surface area (Å²) >= 11 is 0. The zero-order chi connectivity index (χ0) is 23.7. The average Bonchev–Trinajstić information content (AvgIpc) is 3.47. The third-order valence-electron chi connectivity index (χ3n) is 5.92. The normalized spacial score (nSPS) is 23.3. The van der Waals surface area contributed by atoms with Crippen LogP contribution in [0.1, 0.15) is 37.1 Å². The number of aryl methyl sites for hydroxylation is 2. The lowest BCUT2D eigenvalue weighted by atomic mass is 9.83. The Labute approximate surface area is 185 Å². The van der Waals surface area contributed by atoms with Crippen LogP contribution in [0.4, 0.5) is 13.2 Å². The second-order valence-corrected chi connectivity index (χ2v) is 10.9. The monoisotopic (exact) mass is 482 g/mol.